The third-order valence-corrected chi connectivity index (χ3v) is 10.3. The highest BCUT2D eigenvalue weighted by Crippen LogP contribution is 2.65. The SMILES string of the molecule is Cc1cccc(C)c1OCC(=O)NNC(=O)C1C[C@H]2CC[C@H](C1)C21SCCS1. The van der Waals surface area contributed by atoms with Crippen molar-refractivity contribution >= 4 is 35.3 Å². The molecule has 5 nitrogen and oxygen atoms in total. The summed E-state index contributed by atoms with van der Waals surface area (Å²) in [7, 11) is 0. The Hall–Kier alpha value is -1.34. The molecule has 7 heteroatoms. The molecule has 2 N–H and O–H groups in total. The molecule has 2 atom stereocenters. The van der Waals surface area contributed by atoms with Crippen LogP contribution in [-0.4, -0.2) is 34.0 Å². The molecule has 2 saturated carbocycles. The Morgan fingerprint density at radius 3 is 2.29 bits per heavy atom. The van der Waals surface area contributed by atoms with E-state index in [4.69, 9.17) is 4.74 Å². The second-order valence-corrected chi connectivity index (χ2v) is 11.1. The Morgan fingerprint density at radius 2 is 1.68 bits per heavy atom. The van der Waals surface area contributed by atoms with Crippen LogP contribution in [0.15, 0.2) is 18.2 Å². The standard InChI is InChI=1S/C21H28N2O3S2/c1-13-4-3-5-14(2)19(13)26-12-18(24)22-23-20(25)15-10-16-6-7-17(11-15)21(16)27-8-9-28-21/h3-5,15-17H,6-12H2,1-2H3,(H,22,24)(H,23,25)/t16-,17-/m1/s1. The van der Waals surface area contributed by atoms with Gasteiger partial charge < -0.3 is 4.74 Å². The van der Waals surface area contributed by atoms with Gasteiger partial charge in [0.15, 0.2) is 6.61 Å². The van der Waals surface area contributed by atoms with Crippen molar-refractivity contribution in [3.63, 3.8) is 0 Å². The van der Waals surface area contributed by atoms with Gasteiger partial charge in [-0.25, -0.2) is 0 Å². The van der Waals surface area contributed by atoms with Crippen molar-refractivity contribution in [2.45, 2.75) is 43.6 Å². The highest BCUT2D eigenvalue weighted by atomic mass is 32.2. The number of carbonyl (C=O) groups excluding carboxylic acids is 2. The predicted octanol–water partition coefficient (Wildman–Crippen LogP) is 3.44. The third kappa shape index (κ3) is 3.75. The molecule has 2 bridgehead atoms. The zero-order valence-electron chi connectivity index (χ0n) is 16.5. The van der Waals surface area contributed by atoms with Crippen LogP contribution in [0, 0.1) is 31.6 Å². The first-order valence-electron chi connectivity index (χ1n) is 10.0. The molecule has 0 aromatic heterocycles. The van der Waals surface area contributed by atoms with Gasteiger partial charge in [0.25, 0.3) is 5.91 Å². The number of amides is 2. The molecule has 2 aliphatic carbocycles. The van der Waals surface area contributed by atoms with E-state index in [9.17, 15) is 9.59 Å². The number of ether oxygens (including phenoxy) is 1. The molecule has 0 unspecified atom stereocenters. The smallest absolute Gasteiger partial charge is 0.276 e. The van der Waals surface area contributed by atoms with Crippen molar-refractivity contribution in [1.82, 2.24) is 10.9 Å². The van der Waals surface area contributed by atoms with Crippen LogP contribution in [0.5, 0.6) is 5.75 Å². The van der Waals surface area contributed by atoms with Crippen LogP contribution < -0.4 is 15.6 Å². The van der Waals surface area contributed by atoms with Gasteiger partial charge in [0.1, 0.15) is 5.75 Å². The zero-order valence-corrected chi connectivity index (χ0v) is 18.1. The third-order valence-electron chi connectivity index (χ3n) is 6.33. The van der Waals surface area contributed by atoms with Gasteiger partial charge >= 0.3 is 0 Å². The summed E-state index contributed by atoms with van der Waals surface area (Å²) < 4.78 is 6.02. The lowest BCUT2D eigenvalue weighted by molar-refractivity contribution is -0.133. The second kappa shape index (κ2) is 8.19. The van der Waals surface area contributed by atoms with E-state index in [2.05, 4.69) is 34.4 Å². The number of benzene rings is 1. The molecular formula is C21H28N2O3S2. The summed E-state index contributed by atoms with van der Waals surface area (Å²) in [5.74, 6) is 4.07. The molecule has 28 heavy (non-hydrogen) atoms. The zero-order chi connectivity index (χ0) is 19.7. The molecule has 1 aromatic carbocycles. The maximum Gasteiger partial charge on any atom is 0.276 e. The quantitative estimate of drug-likeness (QED) is 0.731. The molecule has 1 aromatic rings. The first-order valence-corrected chi connectivity index (χ1v) is 12.0. The number of aryl methyl sites for hydroxylation is 2. The summed E-state index contributed by atoms with van der Waals surface area (Å²) >= 11 is 4.26. The molecule has 3 fully saturated rings. The molecule has 2 amide bonds. The number of hydrazine groups is 1. The van der Waals surface area contributed by atoms with E-state index in [-0.39, 0.29) is 24.3 Å². The topological polar surface area (TPSA) is 67.4 Å². The minimum atomic E-state index is -0.340. The minimum absolute atomic E-state index is 0.00440. The van der Waals surface area contributed by atoms with Crippen LogP contribution in [0.2, 0.25) is 0 Å². The summed E-state index contributed by atoms with van der Waals surface area (Å²) in [5, 5.41) is 0. The average Bonchev–Trinajstić information content (AvgIpc) is 3.21. The Morgan fingerprint density at radius 1 is 1.07 bits per heavy atom. The van der Waals surface area contributed by atoms with Crippen LogP contribution in [-0.2, 0) is 9.59 Å². The molecule has 4 rings (SSSR count). The average molecular weight is 421 g/mol. The maximum absolute atomic E-state index is 12.6. The number of para-hydroxylation sites is 1. The van der Waals surface area contributed by atoms with Gasteiger partial charge in [-0.2, -0.15) is 0 Å². The summed E-state index contributed by atoms with van der Waals surface area (Å²) in [5.41, 5.74) is 7.14. The van der Waals surface area contributed by atoms with E-state index in [0.717, 1.165) is 29.7 Å². The van der Waals surface area contributed by atoms with Crippen LogP contribution in [0.3, 0.4) is 0 Å². The van der Waals surface area contributed by atoms with Gasteiger partial charge in [-0.05, 0) is 62.5 Å². The molecule has 3 aliphatic rings. The fraction of sp³-hybridized carbons (Fsp3) is 0.619. The Bertz CT molecular complexity index is 728. The molecule has 1 saturated heterocycles. The molecule has 0 radical (unpaired) electrons. The van der Waals surface area contributed by atoms with Crippen LogP contribution in [0.25, 0.3) is 0 Å². The van der Waals surface area contributed by atoms with Gasteiger partial charge in [0, 0.05) is 17.4 Å². The summed E-state index contributed by atoms with van der Waals surface area (Å²) in [6, 6.07) is 5.86. The normalized spacial score (nSPS) is 27.6. The number of hydrogen-bond donors (Lipinski definition) is 2. The largest absolute Gasteiger partial charge is 0.483 e. The van der Waals surface area contributed by atoms with Gasteiger partial charge in [-0.15, -0.1) is 23.5 Å². The van der Waals surface area contributed by atoms with Crippen LogP contribution in [0.1, 0.15) is 36.8 Å². The highest BCUT2D eigenvalue weighted by Gasteiger charge is 2.57. The fourth-order valence-electron chi connectivity index (χ4n) is 5.05. The van der Waals surface area contributed by atoms with Crippen LogP contribution in [0.4, 0.5) is 0 Å². The van der Waals surface area contributed by atoms with Gasteiger partial charge in [0.2, 0.25) is 5.91 Å². The number of rotatable bonds is 4. The number of carbonyl (C=O) groups is 2. The summed E-state index contributed by atoms with van der Waals surface area (Å²) in [6.07, 6.45) is 4.36. The van der Waals surface area contributed by atoms with E-state index in [1.165, 1.54) is 24.3 Å². The lowest BCUT2D eigenvalue weighted by Gasteiger charge is -2.42. The monoisotopic (exact) mass is 420 g/mol. The van der Waals surface area contributed by atoms with Crippen molar-refractivity contribution in [3.05, 3.63) is 29.3 Å². The predicted molar refractivity (Wildman–Crippen MR) is 114 cm³/mol. The van der Waals surface area contributed by atoms with Gasteiger partial charge in [-0.3, -0.25) is 20.4 Å². The van der Waals surface area contributed by atoms with E-state index in [1.54, 1.807) is 0 Å². The van der Waals surface area contributed by atoms with Crippen molar-refractivity contribution in [3.8, 4) is 5.75 Å². The van der Waals surface area contributed by atoms with E-state index in [0.29, 0.717) is 15.9 Å². The van der Waals surface area contributed by atoms with Crippen molar-refractivity contribution < 1.29 is 14.3 Å². The number of hydrogen-bond acceptors (Lipinski definition) is 5. The Balaban J connectivity index is 1.25. The van der Waals surface area contributed by atoms with Gasteiger partial charge in [-0.1, -0.05) is 18.2 Å². The molecule has 1 heterocycles. The summed E-state index contributed by atoms with van der Waals surface area (Å²) in [6.45, 7) is 3.79. The first kappa shape index (κ1) is 20.0. The van der Waals surface area contributed by atoms with Crippen molar-refractivity contribution in [2.24, 2.45) is 17.8 Å². The van der Waals surface area contributed by atoms with Gasteiger partial charge in [0.05, 0.1) is 4.08 Å². The second-order valence-electron chi connectivity index (χ2n) is 8.10. The lowest BCUT2D eigenvalue weighted by atomic mass is 9.79. The lowest BCUT2D eigenvalue weighted by Crippen LogP contribution is -2.49. The molecule has 152 valence electrons. The van der Waals surface area contributed by atoms with E-state index in [1.807, 2.05) is 32.0 Å². The van der Waals surface area contributed by atoms with E-state index < -0.39 is 0 Å². The fourth-order valence-corrected chi connectivity index (χ4v) is 8.99. The molecule has 1 spiro atoms. The maximum atomic E-state index is 12.6. The first-order chi connectivity index (χ1) is 13.5. The Kier molecular flexibility index (Phi) is 5.83. The number of thioether (sulfide) groups is 2. The van der Waals surface area contributed by atoms with E-state index >= 15 is 0 Å². The minimum Gasteiger partial charge on any atom is -0.483 e. The molecular weight excluding hydrogens is 392 g/mol. The van der Waals surface area contributed by atoms with Crippen molar-refractivity contribution in [1.29, 1.82) is 0 Å². The summed E-state index contributed by atoms with van der Waals surface area (Å²) in [4.78, 5) is 24.7. The molecule has 1 aliphatic heterocycles. The highest BCUT2D eigenvalue weighted by molar-refractivity contribution is 8.21. The Labute approximate surface area is 175 Å². The number of nitrogens with one attached hydrogen (secondary N) is 2. The van der Waals surface area contributed by atoms with Crippen molar-refractivity contribution in [2.75, 3.05) is 18.1 Å². The van der Waals surface area contributed by atoms with Crippen LogP contribution >= 0.6 is 23.5 Å².